The highest BCUT2D eigenvalue weighted by atomic mass is 31.2. The van der Waals surface area contributed by atoms with E-state index in [0.717, 1.165) is 27.6 Å². The Kier molecular flexibility index (Phi) is 4.88. The smallest absolute Gasteiger partial charge is 0.204 e. The summed E-state index contributed by atoms with van der Waals surface area (Å²) < 4.78 is 24.9. The fourth-order valence-electron chi connectivity index (χ4n) is 3.98. The lowest BCUT2D eigenvalue weighted by atomic mass is 9.98. The normalized spacial score (nSPS) is 16.6. The molecule has 2 unspecified atom stereocenters. The number of fused-ring (bicyclic) bond motifs is 3. The van der Waals surface area contributed by atoms with Crippen molar-refractivity contribution in [3.8, 4) is 22.3 Å². The summed E-state index contributed by atoms with van der Waals surface area (Å²) in [6.07, 6.45) is 0.429. The molecular weight excluding hydrogens is 390 g/mol. The van der Waals surface area contributed by atoms with Crippen LogP contribution in [0.3, 0.4) is 0 Å². The molecule has 0 bridgehead atoms. The molecule has 0 aliphatic heterocycles. The first kappa shape index (κ1) is 19.6. The Balaban J connectivity index is 1.95. The van der Waals surface area contributed by atoms with Crippen molar-refractivity contribution >= 4 is 25.5 Å². The second-order valence-electron chi connectivity index (χ2n) is 7.52. The minimum absolute atomic E-state index is 0.0299. The second kappa shape index (κ2) is 6.97. The van der Waals surface area contributed by atoms with Gasteiger partial charge in [0, 0.05) is 24.6 Å². The van der Waals surface area contributed by atoms with Gasteiger partial charge in [0.05, 0.1) is 0 Å². The maximum Gasteiger partial charge on any atom is 0.204 e. The van der Waals surface area contributed by atoms with Crippen LogP contribution in [0.2, 0.25) is 0 Å². The first-order chi connectivity index (χ1) is 13.2. The second-order valence-corrected chi connectivity index (χ2v) is 12.8. The van der Waals surface area contributed by atoms with Gasteiger partial charge in [-0.15, -0.1) is 0 Å². The van der Waals surface area contributed by atoms with Crippen molar-refractivity contribution in [1.82, 2.24) is 0 Å². The van der Waals surface area contributed by atoms with E-state index in [0.29, 0.717) is 11.1 Å². The van der Waals surface area contributed by atoms with Crippen molar-refractivity contribution < 1.29 is 18.9 Å². The lowest BCUT2D eigenvalue weighted by Gasteiger charge is -2.18. The summed E-state index contributed by atoms with van der Waals surface area (Å²) in [6.45, 7) is 3.40. The molecule has 0 saturated heterocycles. The van der Waals surface area contributed by atoms with Crippen LogP contribution in [-0.2, 0) is 21.5 Å². The van der Waals surface area contributed by atoms with Crippen LogP contribution in [0.25, 0.3) is 33.0 Å². The number of benzene rings is 3. The molecule has 0 fully saturated rings. The highest BCUT2D eigenvalue weighted by Gasteiger charge is 2.27. The molecular formula is C22H24O4P2. The van der Waals surface area contributed by atoms with Gasteiger partial charge in [-0.2, -0.15) is 0 Å². The third-order valence-electron chi connectivity index (χ3n) is 5.65. The monoisotopic (exact) mass is 414 g/mol. The molecule has 0 amide bonds. The Morgan fingerprint density at radius 2 is 1.14 bits per heavy atom. The molecule has 2 N–H and O–H groups in total. The van der Waals surface area contributed by atoms with Crippen LogP contribution in [0.1, 0.15) is 25.0 Å². The summed E-state index contributed by atoms with van der Waals surface area (Å²) in [6, 6.07) is 16.3. The van der Waals surface area contributed by atoms with Crippen molar-refractivity contribution in [2.24, 2.45) is 0 Å². The van der Waals surface area contributed by atoms with Crippen molar-refractivity contribution in [3.05, 3.63) is 59.7 Å². The summed E-state index contributed by atoms with van der Waals surface area (Å²) in [4.78, 5) is 20.5. The molecule has 3 aromatic carbocycles. The van der Waals surface area contributed by atoms with Gasteiger partial charge < -0.3 is 9.79 Å². The van der Waals surface area contributed by atoms with Crippen molar-refractivity contribution in [2.45, 2.75) is 26.2 Å². The molecule has 2 atom stereocenters. The Labute approximate surface area is 165 Å². The van der Waals surface area contributed by atoms with E-state index in [1.54, 1.807) is 13.8 Å². The fourth-order valence-corrected chi connectivity index (χ4v) is 6.08. The molecule has 146 valence electrons. The van der Waals surface area contributed by atoms with Crippen molar-refractivity contribution in [1.29, 1.82) is 0 Å². The predicted molar refractivity (Wildman–Crippen MR) is 117 cm³/mol. The summed E-state index contributed by atoms with van der Waals surface area (Å²) >= 11 is 0. The van der Waals surface area contributed by atoms with Gasteiger partial charge in [0.25, 0.3) is 0 Å². The third kappa shape index (κ3) is 3.40. The summed E-state index contributed by atoms with van der Waals surface area (Å²) in [5.74, 6) is 0. The van der Waals surface area contributed by atoms with Crippen molar-refractivity contribution in [3.63, 3.8) is 0 Å². The topological polar surface area (TPSA) is 74.6 Å². The zero-order valence-corrected chi connectivity index (χ0v) is 17.8. The molecule has 4 nitrogen and oxygen atoms in total. The van der Waals surface area contributed by atoms with Crippen LogP contribution in [0.15, 0.2) is 48.5 Å². The van der Waals surface area contributed by atoms with E-state index < -0.39 is 14.7 Å². The van der Waals surface area contributed by atoms with Gasteiger partial charge >= 0.3 is 0 Å². The van der Waals surface area contributed by atoms with Crippen LogP contribution < -0.4 is 0 Å². The highest BCUT2D eigenvalue weighted by molar-refractivity contribution is 7.57. The van der Waals surface area contributed by atoms with E-state index >= 15 is 0 Å². The third-order valence-corrected chi connectivity index (χ3v) is 9.29. The minimum Gasteiger partial charge on any atom is -0.344 e. The molecule has 0 spiro atoms. The van der Waals surface area contributed by atoms with E-state index in [1.807, 2.05) is 24.3 Å². The molecule has 0 heterocycles. The molecule has 28 heavy (non-hydrogen) atoms. The first-order valence-electron chi connectivity index (χ1n) is 9.54. The number of hydrogen-bond donors (Lipinski definition) is 2. The lowest BCUT2D eigenvalue weighted by molar-refractivity contribution is 0.474. The van der Waals surface area contributed by atoms with Crippen LogP contribution in [0.4, 0.5) is 0 Å². The van der Waals surface area contributed by atoms with Crippen LogP contribution >= 0.6 is 14.7 Å². The molecule has 1 aliphatic rings. The van der Waals surface area contributed by atoms with Crippen molar-refractivity contribution in [2.75, 3.05) is 12.3 Å². The quantitative estimate of drug-likeness (QED) is 0.376. The molecule has 0 saturated carbocycles. The Morgan fingerprint density at radius 1 is 0.714 bits per heavy atom. The Bertz CT molecular complexity index is 1090. The van der Waals surface area contributed by atoms with E-state index in [9.17, 15) is 18.9 Å². The fraction of sp³-hybridized carbons (Fsp3) is 0.273. The number of rotatable bonds is 6. The van der Waals surface area contributed by atoms with Crippen LogP contribution in [-0.4, -0.2) is 22.1 Å². The van der Waals surface area contributed by atoms with E-state index in [1.165, 1.54) is 5.39 Å². The summed E-state index contributed by atoms with van der Waals surface area (Å²) in [7, 11) is -6.65. The Hall–Kier alpha value is -1.70. The highest BCUT2D eigenvalue weighted by Crippen LogP contribution is 2.53. The van der Waals surface area contributed by atoms with Gasteiger partial charge in [0.2, 0.25) is 14.7 Å². The molecule has 6 heteroatoms. The average Bonchev–Trinajstić information content (AvgIpc) is 2.97. The molecule has 0 aromatic heterocycles. The van der Waals surface area contributed by atoms with Gasteiger partial charge in [-0.1, -0.05) is 50.2 Å². The van der Waals surface area contributed by atoms with E-state index in [2.05, 4.69) is 24.3 Å². The largest absolute Gasteiger partial charge is 0.344 e. The Morgan fingerprint density at radius 3 is 1.54 bits per heavy atom. The standard InChI is InChI=1S/C22H24O4P2/c1-3-27(23,24)13-16-11-20-18-9-5-7-15-8-6-10-19(22(15)18)21(20)12-17(16)14-28(25,26)4-2/h5-12H,3-4,13-14H2,1-2H3,(H,23,24)(H,25,26). The number of hydrogen-bond acceptors (Lipinski definition) is 2. The first-order valence-corrected chi connectivity index (χ1v) is 13.6. The van der Waals surface area contributed by atoms with E-state index in [4.69, 9.17) is 0 Å². The molecule has 0 radical (unpaired) electrons. The van der Waals surface area contributed by atoms with Gasteiger partial charge in [-0.3, -0.25) is 9.13 Å². The lowest BCUT2D eigenvalue weighted by Crippen LogP contribution is -2.00. The van der Waals surface area contributed by atoms with Gasteiger partial charge in [-0.05, 0) is 56.3 Å². The van der Waals surface area contributed by atoms with Gasteiger partial charge in [0.15, 0.2) is 0 Å². The average molecular weight is 414 g/mol. The zero-order chi connectivity index (χ0) is 20.1. The zero-order valence-electron chi connectivity index (χ0n) is 16.1. The maximum atomic E-state index is 12.5. The SMILES string of the molecule is CCP(=O)(O)Cc1cc2c(cc1CP(=O)(O)CC)-c1cccc3cccc-2c13. The van der Waals surface area contributed by atoms with Crippen LogP contribution in [0, 0.1) is 0 Å². The van der Waals surface area contributed by atoms with Gasteiger partial charge in [0.1, 0.15) is 0 Å². The maximum absolute atomic E-state index is 12.5. The summed E-state index contributed by atoms with van der Waals surface area (Å²) in [5.41, 5.74) is 5.71. The summed E-state index contributed by atoms with van der Waals surface area (Å²) in [5, 5.41) is 2.32. The van der Waals surface area contributed by atoms with E-state index in [-0.39, 0.29) is 24.6 Å². The van der Waals surface area contributed by atoms with Crippen LogP contribution in [0.5, 0.6) is 0 Å². The molecule has 1 aliphatic carbocycles. The predicted octanol–water partition coefficient (Wildman–Crippen LogP) is 6.07. The molecule has 3 aromatic rings. The van der Waals surface area contributed by atoms with Gasteiger partial charge in [-0.25, -0.2) is 0 Å². The minimum atomic E-state index is -3.32. The molecule has 4 rings (SSSR count).